The molecule has 42 heavy (non-hydrogen) atoms. The number of pyridine rings is 1. The minimum atomic E-state index is -0.614. The Bertz CT molecular complexity index is 1730. The Labute approximate surface area is 260 Å². The second kappa shape index (κ2) is 10.6. The van der Waals surface area contributed by atoms with Crippen LogP contribution >= 0.6 is 15.9 Å². The third kappa shape index (κ3) is 4.99. The standard InChI is InChI=1S/C29H28BrIN7O4/c1-15-4-7-22(30)34-25(15)35-26(40)21-11-29(3)28(31-29)38(21)23(39)14-37-20-6-5-17(18-12-32-16(2)33-13-18)10-19(20)24(36-37)27-41-8-9-42-27/h4-7,10,12-13,21,27-28H,8-9,11,14H2,1-3H3,(H,34,35,40)/q-1/t21-,28-,29+/m0/s1. The van der Waals surface area contributed by atoms with Gasteiger partial charge in [0.2, 0.25) is 0 Å². The van der Waals surface area contributed by atoms with Crippen molar-refractivity contribution in [2.75, 3.05) is 18.5 Å². The van der Waals surface area contributed by atoms with Crippen LogP contribution in [0.1, 0.15) is 36.7 Å². The molecule has 218 valence electrons. The van der Waals surface area contributed by atoms with Crippen molar-refractivity contribution >= 4 is 44.5 Å². The van der Waals surface area contributed by atoms with E-state index in [4.69, 9.17) is 14.6 Å². The zero-order chi connectivity index (χ0) is 29.2. The van der Waals surface area contributed by atoms with Crippen molar-refractivity contribution in [3.05, 3.63) is 64.4 Å². The van der Waals surface area contributed by atoms with Crippen LogP contribution in [0.3, 0.4) is 0 Å². The van der Waals surface area contributed by atoms with Gasteiger partial charge in [0.25, 0.3) is 0 Å². The Balaban J connectivity index is 1.19. The molecule has 0 bridgehead atoms. The number of carbonyl (C=O) groups excluding carboxylic acids is 2. The quantitative estimate of drug-likeness (QED) is 0.133. The van der Waals surface area contributed by atoms with Gasteiger partial charge < -0.3 is 0 Å². The van der Waals surface area contributed by atoms with E-state index in [9.17, 15) is 9.59 Å². The number of ether oxygens (including phenoxy) is 2. The van der Waals surface area contributed by atoms with Crippen LogP contribution in [0.25, 0.3) is 22.0 Å². The van der Waals surface area contributed by atoms with Gasteiger partial charge in [-0.3, -0.25) is 0 Å². The van der Waals surface area contributed by atoms with Crippen LogP contribution in [0.5, 0.6) is 0 Å². The summed E-state index contributed by atoms with van der Waals surface area (Å²) in [5.41, 5.74) is 4.08. The molecule has 2 amide bonds. The molecule has 6 heterocycles. The van der Waals surface area contributed by atoms with Crippen LogP contribution in [-0.4, -0.2) is 68.2 Å². The molecule has 3 atom stereocenters. The molecule has 0 radical (unpaired) electrons. The van der Waals surface area contributed by atoms with E-state index >= 15 is 0 Å². The fourth-order valence-corrected chi connectivity index (χ4v) is 9.32. The Morgan fingerprint density at radius 1 is 1.12 bits per heavy atom. The Morgan fingerprint density at radius 2 is 1.88 bits per heavy atom. The average Bonchev–Trinajstić information content (AvgIpc) is 3.35. The number of nitrogens with zero attached hydrogens (tertiary/aromatic N) is 6. The normalized spacial score (nSPS) is 23.6. The third-order valence-electron chi connectivity index (χ3n) is 7.89. The summed E-state index contributed by atoms with van der Waals surface area (Å²) in [7, 11) is 0. The van der Waals surface area contributed by atoms with E-state index in [1.54, 1.807) is 17.1 Å². The van der Waals surface area contributed by atoms with Gasteiger partial charge in [-0.05, 0) is 6.92 Å². The number of amides is 2. The van der Waals surface area contributed by atoms with Crippen molar-refractivity contribution in [3.63, 3.8) is 0 Å². The number of benzene rings is 1. The topological polar surface area (TPSA) is 124 Å². The number of alkyl halides is 2. The molecule has 0 aliphatic carbocycles. The molecule has 4 aromatic rings. The van der Waals surface area contributed by atoms with Gasteiger partial charge in [-0.1, -0.05) is 0 Å². The second-order valence-electron chi connectivity index (χ2n) is 10.9. The SMILES string of the molecule is Cc1ncc(-c2ccc3c(c2)c(C2OCCO2)nn3CC(=O)N2[C@H](C(=O)Nc3nc(Br)ccc3C)C[C@@]3(C)[I-][C@@H]23)cn1. The molecular formula is C29H28BrIN7O4-. The molecule has 3 aromatic heterocycles. The number of rotatable bonds is 6. The molecule has 13 heteroatoms. The summed E-state index contributed by atoms with van der Waals surface area (Å²) < 4.78 is 14.1. The van der Waals surface area contributed by atoms with Gasteiger partial charge in [0.15, 0.2) is 0 Å². The first-order chi connectivity index (χ1) is 20.2. The maximum absolute atomic E-state index is 14.0. The van der Waals surface area contributed by atoms with Gasteiger partial charge in [-0.2, -0.15) is 0 Å². The fraction of sp³-hybridized carbons (Fsp3) is 0.379. The first-order valence-electron chi connectivity index (χ1n) is 13.6. The maximum atomic E-state index is 14.0. The predicted octanol–water partition coefficient (Wildman–Crippen LogP) is 0.740. The molecule has 0 spiro atoms. The van der Waals surface area contributed by atoms with E-state index in [-0.39, 0.29) is 47.0 Å². The number of likely N-dealkylation sites (tertiary alicyclic amines) is 1. The summed E-state index contributed by atoms with van der Waals surface area (Å²) in [6.45, 7) is 6.89. The third-order valence-corrected chi connectivity index (χ3v) is 12.7. The van der Waals surface area contributed by atoms with Crippen LogP contribution in [0, 0.1) is 13.8 Å². The molecule has 11 nitrogen and oxygen atoms in total. The number of hydrogen-bond donors (Lipinski definition) is 1. The molecule has 3 fully saturated rings. The second-order valence-corrected chi connectivity index (χ2v) is 16.0. The monoisotopic (exact) mass is 744 g/mol. The van der Waals surface area contributed by atoms with E-state index in [1.807, 2.05) is 49.1 Å². The molecule has 3 saturated heterocycles. The summed E-state index contributed by atoms with van der Waals surface area (Å²) in [6.07, 6.45) is 3.63. The zero-order valence-corrected chi connectivity index (χ0v) is 26.9. The Hall–Kier alpha value is -3.01. The van der Waals surface area contributed by atoms with Crippen molar-refractivity contribution in [1.29, 1.82) is 0 Å². The van der Waals surface area contributed by atoms with Gasteiger partial charge in [-0.15, -0.1) is 0 Å². The fourth-order valence-electron chi connectivity index (χ4n) is 5.62. The van der Waals surface area contributed by atoms with E-state index in [0.29, 0.717) is 41.6 Å². The number of carbonyl (C=O) groups is 2. The van der Waals surface area contributed by atoms with E-state index in [2.05, 4.69) is 43.1 Å². The molecule has 1 aromatic carbocycles. The molecule has 7 rings (SSSR count). The number of fused-ring (bicyclic) bond motifs is 2. The van der Waals surface area contributed by atoms with Gasteiger partial charge in [0.1, 0.15) is 5.82 Å². The summed E-state index contributed by atoms with van der Waals surface area (Å²) in [4.78, 5) is 42.4. The number of halogens is 2. The van der Waals surface area contributed by atoms with Crippen LogP contribution in [0.15, 0.2) is 47.3 Å². The number of hydrogen-bond acceptors (Lipinski definition) is 8. The zero-order valence-electron chi connectivity index (χ0n) is 23.2. The first-order valence-corrected chi connectivity index (χ1v) is 16.7. The van der Waals surface area contributed by atoms with Gasteiger partial charge in [0, 0.05) is 0 Å². The molecule has 0 unspecified atom stereocenters. The van der Waals surface area contributed by atoms with E-state index < -0.39 is 12.3 Å². The number of anilines is 1. The average molecular weight is 745 g/mol. The van der Waals surface area contributed by atoms with Crippen LogP contribution in [0.4, 0.5) is 5.82 Å². The number of nitrogens with one attached hydrogen (secondary N) is 1. The van der Waals surface area contributed by atoms with E-state index in [0.717, 1.165) is 27.6 Å². The van der Waals surface area contributed by atoms with Crippen molar-refractivity contribution in [1.82, 2.24) is 29.6 Å². The van der Waals surface area contributed by atoms with Crippen molar-refractivity contribution in [3.8, 4) is 11.1 Å². The van der Waals surface area contributed by atoms with Crippen LogP contribution < -0.4 is 26.5 Å². The molecule has 0 saturated carbocycles. The molecule has 3 aliphatic rings. The van der Waals surface area contributed by atoms with Crippen LogP contribution in [-0.2, 0) is 25.6 Å². The van der Waals surface area contributed by atoms with Crippen LogP contribution in [0.2, 0.25) is 0 Å². The number of aryl methyl sites for hydroxylation is 2. The Morgan fingerprint density at radius 3 is 2.64 bits per heavy atom. The predicted molar refractivity (Wildman–Crippen MR) is 153 cm³/mol. The first kappa shape index (κ1) is 27.8. The number of aromatic nitrogens is 5. The summed E-state index contributed by atoms with van der Waals surface area (Å²) >= 11 is 3.17. The molecular weight excluding hydrogens is 717 g/mol. The van der Waals surface area contributed by atoms with Crippen molar-refractivity contribution < 1.29 is 40.3 Å². The van der Waals surface area contributed by atoms with E-state index in [1.165, 1.54) is 0 Å². The molecule has 3 aliphatic heterocycles. The Kier molecular flexibility index (Phi) is 7.02. The van der Waals surface area contributed by atoms with Gasteiger partial charge in [-0.25, -0.2) is 0 Å². The summed E-state index contributed by atoms with van der Waals surface area (Å²) in [6, 6.07) is 9.11. The minimum absolute atomic E-state index is 0.00444. The van der Waals surface area contributed by atoms with Crippen molar-refractivity contribution in [2.24, 2.45) is 0 Å². The van der Waals surface area contributed by atoms with Gasteiger partial charge >= 0.3 is 249 Å². The van der Waals surface area contributed by atoms with Gasteiger partial charge in [0.05, 0.1) is 0 Å². The molecule has 1 N–H and O–H groups in total. The van der Waals surface area contributed by atoms with Crippen molar-refractivity contribution in [2.45, 2.75) is 53.5 Å². The summed E-state index contributed by atoms with van der Waals surface area (Å²) in [5, 5.41) is 8.63. The summed E-state index contributed by atoms with van der Waals surface area (Å²) in [5.74, 6) is 0.861.